The van der Waals surface area contributed by atoms with Crippen LogP contribution in [0.1, 0.15) is 34.6 Å². The van der Waals surface area contributed by atoms with Gasteiger partial charge >= 0.3 is 11.9 Å². The van der Waals surface area contributed by atoms with Crippen molar-refractivity contribution < 1.29 is 32.3 Å². The fourth-order valence-electron chi connectivity index (χ4n) is 2.78. The second kappa shape index (κ2) is 5.87. The maximum absolute atomic E-state index is 12.5. The van der Waals surface area contributed by atoms with E-state index in [4.69, 9.17) is 21.1 Å². The lowest BCUT2D eigenvalue weighted by Gasteiger charge is -2.39. The highest BCUT2D eigenvalue weighted by atomic mass is 35.5. The van der Waals surface area contributed by atoms with Gasteiger partial charge in [0, 0.05) is 6.92 Å². The molecule has 136 valence electrons. The van der Waals surface area contributed by atoms with Crippen LogP contribution in [0.2, 0.25) is 0 Å². The number of β-lactam (4-membered cyclic amide) rings is 1. The summed E-state index contributed by atoms with van der Waals surface area (Å²) in [5.41, 5.74) is 0. The normalized spacial score (nSPS) is 31.2. The maximum atomic E-state index is 12.5. The molecule has 0 aromatic heterocycles. The smallest absolute Gasteiger partial charge is 0.333 e. The first-order valence-electron chi connectivity index (χ1n) is 7.44. The molecule has 0 saturated carbocycles. The molecule has 0 spiro atoms. The molecule has 10 heteroatoms. The van der Waals surface area contributed by atoms with Gasteiger partial charge in [0.1, 0.15) is 16.2 Å². The first kappa shape index (κ1) is 19.0. The summed E-state index contributed by atoms with van der Waals surface area (Å²) in [4.78, 5) is 36.8. The van der Waals surface area contributed by atoms with E-state index in [2.05, 4.69) is 0 Å². The van der Waals surface area contributed by atoms with E-state index in [1.54, 1.807) is 13.8 Å². The Hall–Kier alpha value is -1.35. The number of nitrogens with zero attached hydrogens (tertiary/aromatic N) is 1. The molecular formula is C14H20ClNO7S. The lowest BCUT2D eigenvalue weighted by atomic mass is 9.98. The molecule has 0 bridgehead atoms. The number of ether oxygens (including phenoxy) is 2. The van der Waals surface area contributed by atoms with Crippen LogP contribution in [0.15, 0.2) is 0 Å². The van der Waals surface area contributed by atoms with Crippen LogP contribution in [0.4, 0.5) is 0 Å². The fourth-order valence-corrected chi connectivity index (χ4v) is 5.52. The molecule has 0 N–H and O–H groups in total. The van der Waals surface area contributed by atoms with E-state index < -0.39 is 61.4 Å². The Morgan fingerprint density at radius 1 is 1.21 bits per heavy atom. The minimum atomic E-state index is -3.85. The summed E-state index contributed by atoms with van der Waals surface area (Å²) < 4.78 is 33.5. The Kier molecular flexibility index (Phi) is 4.64. The Morgan fingerprint density at radius 3 is 2.25 bits per heavy atom. The molecule has 4 atom stereocenters. The number of alkyl halides is 1. The second-order valence-corrected chi connectivity index (χ2v) is 9.78. The fraction of sp³-hybridized carbons (Fsp3) is 0.786. The van der Waals surface area contributed by atoms with Gasteiger partial charge in [0.25, 0.3) is 0 Å². The number of carbonyl (C=O) groups excluding carboxylic acids is 3. The Bertz CT molecular complexity index is 687. The van der Waals surface area contributed by atoms with Crippen molar-refractivity contribution in [1.29, 1.82) is 0 Å². The van der Waals surface area contributed by atoms with E-state index in [0.717, 1.165) is 4.90 Å². The third kappa shape index (κ3) is 2.57. The van der Waals surface area contributed by atoms with Crippen molar-refractivity contribution in [2.24, 2.45) is 5.92 Å². The molecular weight excluding hydrogens is 362 g/mol. The summed E-state index contributed by atoms with van der Waals surface area (Å²) in [6.45, 7) is 7.26. The number of sulfone groups is 1. The largest absolute Gasteiger partial charge is 0.425 e. The van der Waals surface area contributed by atoms with Crippen molar-refractivity contribution >= 4 is 39.3 Å². The minimum Gasteiger partial charge on any atom is -0.425 e. The molecule has 1 unspecified atom stereocenters. The molecule has 2 aliphatic heterocycles. The van der Waals surface area contributed by atoms with E-state index in [0.29, 0.717) is 0 Å². The van der Waals surface area contributed by atoms with Gasteiger partial charge in [0.2, 0.25) is 12.2 Å². The number of halogens is 1. The quantitative estimate of drug-likeness (QED) is 0.300. The molecule has 24 heavy (non-hydrogen) atoms. The highest BCUT2D eigenvalue weighted by Crippen LogP contribution is 2.48. The molecule has 0 radical (unpaired) electrons. The number of hydrogen-bond acceptors (Lipinski definition) is 7. The lowest BCUT2D eigenvalue weighted by Crippen LogP contribution is -2.64. The molecule has 2 heterocycles. The van der Waals surface area contributed by atoms with Crippen LogP contribution in [0.25, 0.3) is 0 Å². The van der Waals surface area contributed by atoms with Gasteiger partial charge in [-0.2, -0.15) is 0 Å². The molecule has 2 fully saturated rings. The standard InChI is InChI=1S/C14H20ClNO7S/c1-6(2)12(18)22-7(3)23-13(19)9-14(4,5)24(20,21)11-8(15)10(17)16(9)11/h6-9,11H,1-5H3/t7?,8-,9+,11-/m1/s1. The van der Waals surface area contributed by atoms with Gasteiger partial charge in [-0.3, -0.25) is 9.59 Å². The van der Waals surface area contributed by atoms with Crippen LogP contribution in [0.5, 0.6) is 0 Å². The Labute approximate surface area is 145 Å². The lowest BCUT2D eigenvalue weighted by molar-refractivity contribution is -0.192. The number of esters is 2. The molecule has 2 aliphatic rings. The molecule has 2 rings (SSSR count). The predicted octanol–water partition coefficient (Wildman–Crippen LogP) is 0.426. The van der Waals surface area contributed by atoms with Gasteiger partial charge in [0.05, 0.1) is 5.92 Å². The Balaban J connectivity index is 2.20. The van der Waals surface area contributed by atoms with Crippen molar-refractivity contribution in [3.8, 4) is 0 Å². The number of hydrogen-bond donors (Lipinski definition) is 0. The highest BCUT2D eigenvalue weighted by molar-refractivity contribution is 7.94. The summed E-state index contributed by atoms with van der Waals surface area (Å²) in [6.07, 6.45) is -1.20. The number of rotatable bonds is 4. The summed E-state index contributed by atoms with van der Waals surface area (Å²) in [7, 11) is -3.85. The van der Waals surface area contributed by atoms with Crippen LogP contribution in [0, 0.1) is 5.92 Å². The van der Waals surface area contributed by atoms with Gasteiger partial charge in [-0.05, 0) is 13.8 Å². The summed E-state index contributed by atoms with van der Waals surface area (Å²) in [5.74, 6) is -2.56. The minimum absolute atomic E-state index is 0.409. The summed E-state index contributed by atoms with van der Waals surface area (Å²) in [6, 6.07) is -1.34. The van der Waals surface area contributed by atoms with Crippen molar-refractivity contribution in [3.05, 3.63) is 0 Å². The van der Waals surface area contributed by atoms with Gasteiger partial charge in [0.15, 0.2) is 15.2 Å². The third-order valence-electron chi connectivity index (χ3n) is 4.26. The maximum Gasteiger partial charge on any atom is 0.333 e. The monoisotopic (exact) mass is 381 g/mol. The van der Waals surface area contributed by atoms with E-state index in [1.807, 2.05) is 0 Å². The topological polar surface area (TPSA) is 107 Å². The molecule has 1 amide bonds. The molecule has 0 aromatic rings. The van der Waals surface area contributed by atoms with Crippen molar-refractivity contribution in [2.45, 2.75) is 62.4 Å². The van der Waals surface area contributed by atoms with Gasteiger partial charge in [-0.25, -0.2) is 13.2 Å². The average Bonchev–Trinajstić information content (AvgIpc) is 2.59. The molecule has 8 nitrogen and oxygen atoms in total. The van der Waals surface area contributed by atoms with Gasteiger partial charge < -0.3 is 14.4 Å². The predicted molar refractivity (Wildman–Crippen MR) is 83.5 cm³/mol. The van der Waals surface area contributed by atoms with Crippen LogP contribution in [-0.4, -0.2) is 59.0 Å². The Morgan fingerprint density at radius 2 is 1.75 bits per heavy atom. The number of carbonyl (C=O) groups is 3. The first-order chi connectivity index (χ1) is 10.8. The first-order valence-corrected chi connectivity index (χ1v) is 9.43. The van der Waals surface area contributed by atoms with E-state index >= 15 is 0 Å². The van der Waals surface area contributed by atoms with Crippen molar-refractivity contribution in [2.75, 3.05) is 0 Å². The van der Waals surface area contributed by atoms with E-state index in [-0.39, 0.29) is 0 Å². The zero-order chi connectivity index (χ0) is 18.6. The second-order valence-electron chi connectivity index (χ2n) is 6.68. The van der Waals surface area contributed by atoms with Gasteiger partial charge in [-0.1, -0.05) is 13.8 Å². The zero-order valence-electron chi connectivity index (χ0n) is 14.0. The molecule has 0 aromatic carbocycles. The van der Waals surface area contributed by atoms with Crippen molar-refractivity contribution in [3.63, 3.8) is 0 Å². The molecule has 2 saturated heterocycles. The van der Waals surface area contributed by atoms with Crippen LogP contribution in [0.3, 0.4) is 0 Å². The molecule has 0 aliphatic carbocycles. The van der Waals surface area contributed by atoms with Gasteiger partial charge in [-0.15, -0.1) is 11.6 Å². The third-order valence-corrected chi connectivity index (χ3v) is 7.66. The van der Waals surface area contributed by atoms with E-state index in [1.165, 1.54) is 20.8 Å². The van der Waals surface area contributed by atoms with E-state index in [9.17, 15) is 22.8 Å². The number of fused-ring (bicyclic) bond motifs is 1. The SMILES string of the molecule is CC(OC(=O)C(C)C)OC(=O)[C@@H]1N2C(=O)[C@@H](Cl)[C@H]2S(=O)(=O)C1(C)C. The van der Waals surface area contributed by atoms with Crippen LogP contribution in [-0.2, 0) is 33.7 Å². The van der Waals surface area contributed by atoms with Crippen LogP contribution >= 0.6 is 11.6 Å². The summed E-state index contributed by atoms with van der Waals surface area (Å²) in [5, 5.41) is -2.45. The number of amides is 1. The van der Waals surface area contributed by atoms with Crippen molar-refractivity contribution in [1.82, 2.24) is 4.90 Å². The highest BCUT2D eigenvalue weighted by Gasteiger charge is 2.72. The zero-order valence-corrected chi connectivity index (χ0v) is 15.6. The van der Waals surface area contributed by atoms with Crippen LogP contribution < -0.4 is 0 Å². The summed E-state index contributed by atoms with van der Waals surface area (Å²) >= 11 is 5.80. The average molecular weight is 382 g/mol.